The third-order valence-corrected chi connectivity index (χ3v) is 12.2. The first-order chi connectivity index (χ1) is 26.1. The lowest BCUT2D eigenvalue weighted by molar-refractivity contribution is 0.122. The van der Waals surface area contributed by atoms with E-state index in [1.54, 1.807) is 23.0 Å². The van der Waals surface area contributed by atoms with Gasteiger partial charge in [0.25, 0.3) is 20.0 Å². The minimum Gasteiger partial charge on any atom is -0.378 e. The van der Waals surface area contributed by atoms with Crippen LogP contribution in [0.3, 0.4) is 0 Å². The zero-order valence-electron chi connectivity index (χ0n) is 29.3. The average molecular weight is 763 g/mol. The van der Waals surface area contributed by atoms with E-state index in [2.05, 4.69) is 52.5 Å². The summed E-state index contributed by atoms with van der Waals surface area (Å²) in [6.45, 7) is 10.6. The number of benzene rings is 4. The number of hydrogen-bond donors (Lipinski definition) is 1. The molecule has 4 aromatic carbocycles. The molecule has 6 aromatic rings. The summed E-state index contributed by atoms with van der Waals surface area (Å²) in [5.74, 6) is 0.853. The van der Waals surface area contributed by atoms with Gasteiger partial charge in [0.1, 0.15) is 6.33 Å². The highest BCUT2D eigenvalue weighted by Gasteiger charge is 2.31. The van der Waals surface area contributed by atoms with E-state index < -0.39 is 20.0 Å². The Morgan fingerprint density at radius 2 is 1.35 bits per heavy atom. The van der Waals surface area contributed by atoms with Gasteiger partial charge in [-0.2, -0.15) is 13.7 Å². The molecule has 0 aliphatic carbocycles. The van der Waals surface area contributed by atoms with Crippen molar-refractivity contribution < 1.29 is 21.6 Å². The maximum Gasteiger partial charge on any atom is 0.270 e. The highest BCUT2D eigenvalue weighted by atomic mass is 32.3. The van der Waals surface area contributed by atoms with Gasteiger partial charge >= 0.3 is 0 Å². The van der Waals surface area contributed by atoms with E-state index in [0.29, 0.717) is 65.7 Å². The fourth-order valence-electron chi connectivity index (χ4n) is 6.20. The molecule has 1 aliphatic rings. The number of nitrogens with one attached hydrogen (secondary N) is 1. The first kappa shape index (κ1) is 36.3. The molecule has 1 aliphatic heterocycles. The van der Waals surface area contributed by atoms with Crippen LogP contribution in [-0.2, 0) is 37.9 Å². The van der Waals surface area contributed by atoms with Gasteiger partial charge in [0.2, 0.25) is 5.95 Å². The zero-order chi connectivity index (χ0) is 37.7. The van der Waals surface area contributed by atoms with Crippen LogP contribution in [0.4, 0.5) is 28.8 Å². The molecule has 0 radical (unpaired) electrons. The molecule has 1 N–H and O–H groups in total. The van der Waals surface area contributed by atoms with Gasteiger partial charge in [0.15, 0.2) is 17.0 Å². The van der Waals surface area contributed by atoms with E-state index in [1.165, 1.54) is 12.1 Å². The summed E-state index contributed by atoms with van der Waals surface area (Å²) in [4.78, 5) is 19.2. The van der Waals surface area contributed by atoms with E-state index in [4.69, 9.17) is 19.7 Å². The Hall–Kier alpha value is -6.03. The SMILES string of the molecule is C=CS(=O)(=O)N(c1cccc(-n2cnc3c(N(Cc4ccccc4)Cc4ccccc4)nc(Nc4ccc(N5CCOCC5)cc4)nc32)c1)S(=O)(=O)C=C. The molecule has 54 heavy (non-hydrogen) atoms. The van der Waals surface area contributed by atoms with Crippen LogP contribution in [0, 0.1) is 0 Å². The molecule has 3 heterocycles. The van der Waals surface area contributed by atoms with Crippen LogP contribution in [0.2, 0.25) is 0 Å². The lowest BCUT2D eigenvalue weighted by Gasteiger charge is -2.29. The number of anilines is 5. The number of sulfonamides is 2. The third kappa shape index (κ3) is 7.83. The second-order valence-electron chi connectivity index (χ2n) is 12.4. The number of rotatable bonds is 14. The van der Waals surface area contributed by atoms with Crippen molar-refractivity contribution in [1.29, 1.82) is 0 Å². The number of ether oxygens (including phenoxy) is 1. The smallest absolute Gasteiger partial charge is 0.270 e. The van der Waals surface area contributed by atoms with Crippen molar-refractivity contribution in [2.45, 2.75) is 13.1 Å². The lowest BCUT2D eigenvalue weighted by atomic mass is 10.1. The van der Waals surface area contributed by atoms with Crippen molar-refractivity contribution in [2.75, 3.05) is 45.1 Å². The zero-order valence-corrected chi connectivity index (χ0v) is 30.9. The molecule has 0 bridgehead atoms. The monoisotopic (exact) mass is 762 g/mol. The molecule has 0 spiro atoms. The second-order valence-corrected chi connectivity index (χ2v) is 16.1. The van der Waals surface area contributed by atoms with Gasteiger partial charge in [0.05, 0.1) is 24.6 Å². The van der Waals surface area contributed by atoms with Crippen LogP contribution < -0.4 is 18.8 Å². The van der Waals surface area contributed by atoms with E-state index in [-0.39, 0.29) is 9.40 Å². The maximum atomic E-state index is 13.0. The molecule has 7 rings (SSSR count). The third-order valence-electron chi connectivity index (χ3n) is 8.81. The van der Waals surface area contributed by atoms with Crippen molar-refractivity contribution in [3.05, 3.63) is 151 Å². The van der Waals surface area contributed by atoms with Crippen molar-refractivity contribution in [1.82, 2.24) is 19.5 Å². The number of imidazole rings is 1. The van der Waals surface area contributed by atoms with Crippen molar-refractivity contribution in [3.8, 4) is 5.69 Å². The predicted molar refractivity (Wildman–Crippen MR) is 213 cm³/mol. The minimum absolute atomic E-state index is 0.142. The molecular formula is C39H38N8O5S2. The summed E-state index contributed by atoms with van der Waals surface area (Å²) in [7, 11) is -8.96. The number of hydrogen-bond acceptors (Lipinski definition) is 11. The molecule has 13 nitrogen and oxygen atoms in total. The Kier molecular flexibility index (Phi) is 10.4. The first-order valence-corrected chi connectivity index (χ1v) is 20.1. The summed E-state index contributed by atoms with van der Waals surface area (Å²) in [5.41, 5.74) is 5.12. The average Bonchev–Trinajstić information content (AvgIpc) is 3.63. The molecule has 0 saturated carbocycles. The lowest BCUT2D eigenvalue weighted by Crippen LogP contribution is -2.36. The summed E-state index contributed by atoms with van der Waals surface area (Å²) < 4.78 is 59.4. The molecule has 1 saturated heterocycles. The molecule has 2 aromatic heterocycles. The summed E-state index contributed by atoms with van der Waals surface area (Å²) in [6.07, 6.45) is 1.56. The standard InChI is InChI=1S/C39H38N8O5S2/c1-3-53(48,49)47(54(50,51)4-2)35-17-11-16-34(26-35)46-29-40-36-37(45(27-30-12-7-5-8-13-30)28-31-14-9-6-10-15-31)42-39(43-38(36)46)41-32-18-20-33(21-19-32)44-22-24-52-25-23-44/h3-21,26,29H,1-2,22-25,27-28H2,(H,41,42,43). The Balaban J connectivity index is 1.36. The summed E-state index contributed by atoms with van der Waals surface area (Å²) in [6, 6.07) is 34.2. The van der Waals surface area contributed by atoms with Gasteiger partial charge < -0.3 is 19.9 Å². The largest absolute Gasteiger partial charge is 0.378 e. The topological polar surface area (TPSA) is 143 Å². The Bertz CT molecular complexity index is 2410. The van der Waals surface area contributed by atoms with E-state index in [0.717, 1.165) is 35.6 Å². The molecule has 0 unspecified atom stereocenters. The number of nitrogens with zero attached hydrogens (tertiary/aromatic N) is 7. The summed E-state index contributed by atoms with van der Waals surface area (Å²) in [5, 5.41) is 4.53. The first-order valence-electron chi connectivity index (χ1n) is 17.1. The molecule has 1 fully saturated rings. The van der Waals surface area contributed by atoms with Crippen molar-refractivity contribution in [2.24, 2.45) is 0 Å². The molecule has 15 heteroatoms. The highest BCUT2D eigenvalue weighted by Crippen LogP contribution is 2.32. The van der Waals surface area contributed by atoms with Crippen LogP contribution in [0.1, 0.15) is 11.1 Å². The second kappa shape index (κ2) is 15.5. The van der Waals surface area contributed by atoms with Crippen LogP contribution in [0.15, 0.2) is 139 Å². The fourth-order valence-corrected chi connectivity index (χ4v) is 8.81. The number of aromatic nitrogens is 4. The normalized spacial score (nSPS) is 13.4. The predicted octanol–water partition coefficient (Wildman–Crippen LogP) is 6.36. The number of fused-ring (bicyclic) bond motifs is 1. The Morgan fingerprint density at radius 1 is 0.741 bits per heavy atom. The van der Waals surface area contributed by atoms with Gasteiger partial charge in [0, 0.05) is 48.4 Å². The molecular weight excluding hydrogens is 725 g/mol. The van der Waals surface area contributed by atoms with Crippen LogP contribution in [0.25, 0.3) is 16.9 Å². The van der Waals surface area contributed by atoms with Gasteiger partial charge in [-0.1, -0.05) is 79.9 Å². The molecule has 276 valence electrons. The van der Waals surface area contributed by atoms with E-state index in [9.17, 15) is 16.8 Å². The van der Waals surface area contributed by atoms with Gasteiger partial charge in [-0.05, 0) is 53.6 Å². The van der Waals surface area contributed by atoms with E-state index in [1.807, 2.05) is 60.7 Å². The van der Waals surface area contributed by atoms with Gasteiger partial charge in [-0.15, -0.1) is 0 Å². The Labute approximate surface area is 314 Å². The molecule has 0 amide bonds. The Morgan fingerprint density at radius 3 is 1.94 bits per heavy atom. The van der Waals surface area contributed by atoms with E-state index >= 15 is 0 Å². The quantitative estimate of drug-likeness (QED) is 0.133. The van der Waals surface area contributed by atoms with Crippen molar-refractivity contribution in [3.63, 3.8) is 0 Å². The van der Waals surface area contributed by atoms with Crippen LogP contribution in [0.5, 0.6) is 0 Å². The maximum absolute atomic E-state index is 13.0. The molecule has 0 atom stereocenters. The minimum atomic E-state index is -4.48. The fraction of sp³-hybridized carbons (Fsp3) is 0.154. The van der Waals surface area contributed by atoms with Gasteiger partial charge in [-0.25, -0.2) is 21.8 Å². The van der Waals surface area contributed by atoms with Crippen molar-refractivity contribution >= 4 is 60.0 Å². The van der Waals surface area contributed by atoms with Crippen LogP contribution >= 0.6 is 0 Å². The summed E-state index contributed by atoms with van der Waals surface area (Å²) >= 11 is 0. The highest BCUT2D eigenvalue weighted by molar-refractivity contribution is 8.12. The number of morpholine rings is 1. The van der Waals surface area contributed by atoms with Gasteiger partial charge in [-0.3, -0.25) is 4.57 Å². The van der Waals surface area contributed by atoms with Crippen LogP contribution in [-0.4, -0.2) is 62.7 Å².